The summed E-state index contributed by atoms with van der Waals surface area (Å²) in [6, 6.07) is 10.1. The lowest BCUT2D eigenvalue weighted by Gasteiger charge is -2.03. The van der Waals surface area contributed by atoms with Crippen LogP contribution in [0.2, 0.25) is 0 Å². The molecule has 0 unspecified atom stereocenters. The van der Waals surface area contributed by atoms with Crippen molar-refractivity contribution in [2.75, 3.05) is 12.0 Å². The Bertz CT molecular complexity index is 438. The quantitative estimate of drug-likeness (QED) is 0.799. The maximum atomic E-state index is 5.55. The van der Waals surface area contributed by atoms with Gasteiger partial charge in [0.1, 0.15) is 0 Å². The van der Waals surface area contributed by atoms with Gasteiger partial charge in [0.25, 0.3) is 0 Å². The molecule has 0 fully saturated rings. The number of benzene rings is 1. The van der Waals surface area contributed by atoms with E-state index in [1.54, 1.807) is 11.8 Å². The first-order valence-corrected chi connectivity index (χ1v) is 5.80. The molecule has 0 aliphatic heterocycles. The third-order valence-corrected chi connectivity index (χ3v) is 2.68. The van der Waals surface area contributed by atoms with Crippen LogP contribution in [-0.4, -0.2) is 21.0 Å². The molecule has 0 bridgehead atoms. The van der Waals surface area contributed by atoms with Gasteiger partial charge in [0.15, 0.2) is 5.16 Å². The van der Waals surface area contributed by atoms with Crippen molar-refractivity contribution in [3.63, 3.8) is 0 Å². The Hall–Kier alpha value is -1.49. The van der Waals surface area contributed by atoms with E-state index in [4.69, 9.17) is 5.73 Å². The topological polar surface area (TPSA) is 56.7 Å². The molecule has 0 atom stereocenters. The number of rotatable bonds is 3. The van der Waals surface area contributed by atoms with Crippen molar-refractivity contribution in [1.82, 2.24) is 14.8 Å². The number of hydrogen-bond acceptors (Lipinski definition) is 4. The first-order valence-electron chi connectivity index (χ1n) is 4.58. The zero-order valence-corrected chi connectivity index (χ0v) is 9.24. The van der Waals surface area contributed by atoms with Gasteiger partial charge in [0, 0.05) is 0 Å². The van der Waals surface area contributed by atoms with Gasteiger partial charge in [0.2, 0.25) is 5.95 Å². The van der Waals surface area contributed by atoms with Gasteiger partial charge in [-0.3, -0.25) is 0 Å². The van der Waals surface area contributed by atoms with Crippen LogP contribution in [0.5, 0.6) is 0 Å². The Morgan fingerprint density at radius 3 is 2.73 bits per heavy atom. The smallest absolute Gasteiger partial charge is 0.240 e. The van der Waals surface area contributed by atoms with Crippen molar-refractivity contribution >= 4 is 17.7 Å². The molecule has 0 amide bonds. The molecule has 0 spiro atoms. The van der Waals surface area contributed by atoms with Crippen LogP contribution in [0.3, 0.4) is 0 Å². The van der Waals surface area contributed by atoms with Crippen molar-refractivity contribution in [2.45, 2.75) is 11.7 Å². The van der Waals surface area contributed by atoms with E-state index in [1.807, 2.05) is 29.1 Å². The maximum absolute atomic E-state index is 5.55. The van der Waals surface area contributed by atoms with Gasteiger partial charge in [-0.05, 0) is 11.8 Å². The summed E-state index contributed by atoms with van der Waals surface area (Å²) in [6.45, 7) is 0.710. The first-order chi connectivity index (χ1) is 7.29. The molecule has 0 saturated carbocycles. The number of hydrogen-bond donors (Lipinski definition) is 1. The summed E-state index contributed by atoms with van der Waals surface area (Å²) in [4.78, 5) is 4.12. The van der Waals surface area contributed by atoms with Crippen LogP contribution in [0.4, 0.5) is 5.95 Å². The predicted octanol–water partition coefficient (Wildman–Crippen LogP) is 1.63. The SMILES string of the molecule is CSc1nc(N)nn1Cc1ccccc1. The average molecular weight is 220 g/mol. The van der Waals surface area contributed by atoms with Gasteiger partial charge in [-0.1, -0.05) is 42.1 Å². The van der Waals surface area contributed by atoms with E-state index in [0.29, 0.717) is 12.5 Å². The third kappa shape index (κ3) is 2.30. The maximum Gasteiger partial charge on any atom is 0.240 e. The molecule has 2 N–H and O–H groups in total. The molecular formula is C10H12N4S. The fourth-order valence-electron chi connectivity index (χ4n) is 1.35. The van der Waals surface area contributed by atoms with Crippen LogP contribution in [-0.2, 0) is 6.54 Å². The summed E-state index contributed by atoms with van der Waals surface area (Å²) in [6.07, 6.45) is 1.96. The van der Waals surface area contributed by atoms with E-state index in [1.165, 1.54) is 5.56 Å². The van der Waals surface area contributed by atoms with E-state index in [9.17, 15) is 0 Å². The molecular weight excluding hydrogens is 208 g/mol. The number of aromatic nitrogens is 3. The summed E-state index contributed by atoms with van der Waals surface area (Å²) in [7, 11) is 0. The lowest BCUT2D eigenvalue weighted by atomic mass is 10.2. The van der Waals surface area contributed by atoms with E-state index in [-0.39, 0.29) is 0 Å². The Morgan fingerprint density at radius 2 is 2.07 bits per heavy atom. The van der Waals surface area contributed by atoms with Crippen LogP contribution in [0, 0.1) is 0 Å². The molecule has 0 aliphatic carbocycles. The van der Waals surface area contributed by atoms with E-state index >= 15 is 0 Å². The average Bonchev–Trinajstić information content (AvgIpc) is 2.60. The molecule has 1 aromatic heterocycles. The molecule has 0 saturated heterocycles. The Morgan fingerprint density at radius 1 is 1.33 bits per heavy atom. The summed E-state index contributed by atoms with van der Waals surface area (Å²) >= 11 is 1.54. The number of nitrogens with two attached hydrogens (primary N) is 1. The molecule has 15 heavy (non-hydrogen) atoms. The van der Waals surface area contributed by atoms with Crippen LogP contribution >= 0.6 is 11.8 Å². The number of thioether (sulfide) groups is 1. The Labute approximate surface area is 92.5 Å². The number of nitrogens with zero attached hydrogens (tertiary/aromatic N) is 3. The second-order valence-electron chi connectivity index (χ2n) is 3.10. The van der Waals surface area contributed by atoms with Gasteiger partial charge in [-0.2, -0.15) is 4.98 Å². The monoisotopic (exact) mass is 220 g/mol. The van der Waals surface area contributed by atoms with Gasteiger partial charge < -0.3 is 5.73 Å². The Kier molecular flexibility index (Phi) is 2.91. The normalized spacial score (nSPS) is 10.5. The third-order valence-electron chi connectivity index (χ3n) is 2.01. The number of nitrogen functional groups attached to an aromatic ring is 1. The van der Waals surface area contributed by atoms with Crippen molar-refractivity contribution in [1.29, 1.82) is 0 Å². The fourth-order valence-corrected chi connectivity index (χ4v) is 1.86. The minimum absolute atomic E-state index is 0.329. The largest absolute Gasteiger partial charge is 0.366 e. The van der Waals surface area contributed by atoms with Gasteiger partial charge >= 0.3 is 0 Å². The lowest BCUT2D eigenvalue weighted by molar-refractivity contribution is 0.620. The van der Waals surface area contributed by atoms with Crippen LogP contribution < -0.4 is 5.73 Å². The van der Waals surface area contributed by atoms with Gasteiger partial charge in [-0.25, -0.2) is 4.68 Å². The van der Waals surface area contributed by atoms with E-state index < -0.39 is 0 Å². The minimum Gasteiger partial charge on any atom is -0.366 e. The highest BCUT2D eigenvalue weighted by atomic mass is 32.2. The zero-order chi connectivity index (χ0) is 10.7. The van der Waals surface area contributed by atoms with Crippen LogP contribution in [0.1, 0.15) is 5.56 Å². The molecule has 4 nitrogen and oxygen atoms in total. The first kappa shape index (κ1) is 10.0. The molecule has 1 aromatic carbocycles. The molecule has 0 aliphatic rings. The summed E-state index contributed by atoms with van der Waals surface area (Å²) in [5.41, 5.74) is 6.74. The van der Waals surface area contributed by atoms with Gasteiger partial charge in [0.05, 0.1) is 6.54 Å². The van der Waals surface area contributed by atoms with Gasteiger partial charge in [-0.15, -0.1) is 5.10 Å². The second-order valence-corrected chi connectivity index (χ2v) is 3.87. The summed E-state index contributed by atoms with van der Waals surface area (Å²) in [5.74, 6) is 0.329. The second kappa shape index (κ2) is 4.35. The molecule has 1 heterocycles. The van der Waals surface area contributed by atoms with E-state index in [0.717, 1.165) is 5.16 Å². The lowest BCUT2D eigenvalue weighted by Crippen LogP contribution is -2.03. The van der Waals surface area contributed by atoms with Crippen molar-refractivity contribution in [2.24, 2.45) is 0 Å². The van der Waals surface area contributed by atoms with Crippen molar-refractivity contribution < 1.29 is 0 Å². The molecule has 78 valence electrons. The van der Waals surface area contributed by atoms with Crippen molar-refractivity contribution in [3.05, 3.63) is 35.9 Å². The van der Waals surface area contributed by atoms with Crippen LogP contribution in [0.25, 0.3) is 0 Å². The highest BCUT2D eigenvalue weighted by Gasteiger charge is 2.06. The summed E-state index contributed by atoms with van der Waals surface area (Å²) in [5, 5.41) is 4.98. The zero-order valence-electron chi connectivity index (χ0n) is 8.42. The molecule has 2 rings (SSSR count). The highest BCUT2D eigenvalue weighted by molar-refractivity contribution is 7.98. The molecule has 5 heteroatoms. The van der Waals surface area contributed by atoms with Crippen molar-refractivity contribution in [3.8, 4) is 0 Å². The molecule has 2 aromatic rings. The van der Waals surface area contributed by atoms with Crippen LogP contribution in [0.15, 0.2) is 35.5 Å². The minimum atomic E-state index is 0.329. The van der Waals surface area contributed by atoms with E-state index in [2.05, 4.69) is 22.2 Å². The standard InChI is InChI=1S/C10H12N4S/c1-15-10-12-9(11)13-14(10)7-8-5-3-2-4-6-8/h2-6H,7H2,1H3,(H2,11,13). The Balaban J connectivity index is 2.24. The fraction of sp³-hybridized carbons (Fsp3) is 0.200. The predicted molar refractivity (Wildman–Crippen MR) is 61.8 cm³/mol. The molecule has 0 radical (unpaired) electrons. The highest BCUT2D eigenvalue weighted by Crippen LogP contribution is 2.14. The number of anilines is 1. The summed E-state index contributed by atoms with van der Waals surface area (Å²) < 4.78 is 1.81.